The molecule has 4 nitrogen and oxygen atoms in total. The molecule has 0 fully saturated rings. The van der Waals surface area contributed by atoms with Crippen LogP contribution in [0.4, 0.5) is 4.39 Å². The van der Waals surface area contributed by atoms with Crippen molar-refractivity contribution in [2.24, 2.45) is 0 Å². The van der Waals surface area contributed by atoms with E-state index in [9.17, 15) is 9.18 Å². The highest BCUT2D eigenvalue weighted by molar-refractivity contribution is 7.20. The Bertz CT molecular complexity index is 887. The largest absolute Gasteiger partial charge is 0.454 e. The van der Waals surface area contributed by atoms with E-state index in [1.165, 1.54) is 23.5 Å². The molecule has 1 aliphatic heterocycles. The van der Waals surface area contributed by atoms with Crippen molar-refractivity contribution < 1.29 is 23.4 Å². The number of esters is 1. The molecule has 0 atom stereocenters. The van der Waals surface area contributed by atoms with E-state index in [1.54, 1.807) is 30.3 Å². The third kappa shape index (κ3) is 2.17. The molecule has 0 bridgehead atoms. The molecule has 1 aromatic heterocycles. The van der Waals surface area contributed by atoms with Gasteiger partial charge in [-0.05, 0) is 30.3 Å². The number of ether oxygens (including phenoxy) is 3. The normalized spacial score (nSPS) is 12.6. The van der Waals surface area contributed by atoms with Gasteiger partial charge in [0, 0.05) is 16.2 Å². The second-order valence-electron chi connectivity index (χ2n) is 4.67. The van der Waals surface area contributed by atoms with Gasteiger partial charge in [-0.25, -0.2) is 9.18 Å². The smallest absolute Gasteiger partial charge is 0.353 e. The highest BCUT2D eigenvalue weighted by atomic mass is 32.1. The van der Waals surface area contributed by atoms with Crippen molar-refractivity contribution >= 4 is 27.4 Å². The Balaban J connectivity index is 1.62. The summed E-state index contributed by atoms with van der Waals surface area (Å²) in [6.07, 6.45) is 0. The zero-order valence-electron chi connectivity index (χ0n) is 11.2. The minimum atomic E-state index is -0.528. The Labute approximate surface area is 128 Å². The molecule has 0 unspecified atom stereocenters. The summed E-state index contributed by atoms with van der Waals surface area (Å²) in [6, 6.07) is 11.1. The molecule has 0 spiro atoms. The summed E-state index contributed by atoms with van der Waals surface area (Å²) >= 11 is 1.19. The van der Waals surface area contributed by atoms with E-state index in [0.29, 0.717) is 32.2 Å². The van der Waals surface area contributed by atoms with Gasteiger partial charge in [0.1, 0.15) is 16.4 Å². The first-order chi connectivity index (χ1) is 10.7. The summed E-state index contributed by atoms with van der Waals surface area (Å²) in [4.78, 5) is 12.5. The van der Waals surface area contributed by atoms with Crippen LogP contribution in [0.15, 0.2) is 42.5 Å². The van der Waals surface area contributed by atoms with E-state index in [2.05, 4.69) is 0 Å². The lowest BCUT2D eigenvalue weighted by Gasteiger charge is -2.03. The molecule has 110 valence electrons. The van der Waals surface area contributed by atoms with Crippen LogP contribution in [-0.4, -0.2) is 12.8 Å². The maximum absolute atomic E-state index is 13.7. The van der Waals surface area contributed by atoms with Crippen LogP contribution in [0.25, 0.3) is 10.1 Å². The number of halogens is 1. The topological polar surface area (TPSA) is 44.8 Å². The lowest BCUT2D eigenvalue weighted by molar-refractivity contribution is 0.0739. The minimum Gasteiger partial charge on any atom is -0.454 e. The first kappa shape index (κ1) is 13.1. The Morgan fingerprint density at radius 2 is 2.00 bits per heavy atom. The molecule has 6 heteroatoms. The fourth-order valence-corrected chi connectivity index (χ4v) is 3.18. The molecule has 0 amide bonds. The molecular formula is C16H9FO4S. The second-order valence-corrected chi connectivity index (χ2v) is 5.75. The van der Waals surface area contributed by atoms with Gasteiger partial charge < -0.3 is 14.2 Å². The number of hydrogen-bond acceptors (Lipinski definition) is 5. The van der Waals surface area contributed by atoms with Gasteiger partial charge in [-0.2, -0.15) is 0 Å². The summed E-state index contributed by atoms with van der Waals surface area (Å²) < 4.78 is 30.1. The molecule has 4 rings (SSSR count). The lowest BCUT2D eigenvalue weighted by Crippen LogP contribution is -2.06. The van der Waals surface area contributed by atoms with Crippen molar-refractivity contribution in [1.82, 2.24) is 0 Å². The maximum Gasteiger partial charge on any atom is 0.353 e. The number of rotatable bonds is 2. The maximum atomic E-state index is 13.7. The van der Waals surface area contributed by atoms with Gasteiger partial charge in [-0.3, -0.25) is 0 Å². The Morgan fingerprint density at radius 1 is 1.14 bits per heavy atom. The molecule has 22 heavy (non-hydrogen) atoms. The molecule has 0 saturated carbocycles. The van der Waals surface area contributed by atoms with Crippen molar-refractivity contribution in [3.8, 4) is 17.2 Å². The Morgan fingerprint density at radius 3 is 2.86 bits per heavy atom. The van der Waals surface area contributed by atoms with Crippen LogP contribution in [0.2, 0.25) is 0 Å². The van der Waals surface area contributed by atoms with Crippen molar-refractivity contribution in [3.05, 3.63) is 53.2 Å². The Hall–Kier alpha value is -2.60. The molecule has 0 aliphatic carbocycles. The van der Waals surface area contributed by atoms with Crippen LogP contribution < -0.4 is 14.2 Å². The van der Waals surface area contributed by atoms with Crippen molar-refractivity contribution in [1.29, 1.82) is 0 Å². The number of fused-ring (bicyclic) bond motifs is 2. The molecule has 3 aromatic rings. The van der Waals surface area contributed by atoms with Crippen molar-refractivity contribution in [3.63, 3.8) is 0 Å². The fourth-order valence-electron chi connectivity index (χ4n) is 2.22. The SMILES string of the molecule is O=C(Oc1ccc2c(c1)OCO2)c1cc2c(F)cccc2s1. The van der Waals surface area contributed by atoms with Crippen LogP contribution in [0, 0.1) is 5.82 Å². The first-order valence-electron chi connectivity index (χ1n) is 6.50. The standard InChI is InChI=1S/C16H9FO4S/c17-11-2-1-3-14-10(11)7-15(22-14)16(18)21-9-4-5-12-13(6-9)20-8-19-12/h1-7H,8H2. The quantitative estimate of drug-likeness (QED) is 0.530. The average molecular weight is 316 g/mol. The van der Waals surface area contributed by atoms with Gasteiger partial charge in [0.15, 0.2) is 11.5 Å². The van der Waals surface area contributed by atoms with Crippen molar-refractivity contribution in [2.45, 2.75) is 0 Å². The molecular weight excluding hydrogens is 307 g/mol. The average Bonchev–Trinajstić information content (AvgIpc) is 3.13. The van der Waals surface area contributed by atoms with Crippen LogP contribution >= 0.6 is 11.3 Å². The molecule has 2 aromatic carbocycles. The summed E-state index contributed by atoms with van der Waals surface area (Å²) in [5, 5.41) is 0.421. The number of benzene rings is 2. The summed E-state index contributed by atoms with van der Waals surface area (Å²) in [6.45, 7) is 0.155. The summed E-state index contributed by atoms with van der Waals surface area (Å²) in [5.41, 5.74) is 0. The number of carbonyl (C=O) groups excluding carboxylic acids is 1. The first-order valence-corrected chi connectivity index (χ1v) is 7.32. The van der Waals surface area contributed by atoms with Crippen LogP contribution in [0.1, 0.15) is 9.67 Å². The van der Waals surface area contributed by atoms with E-state index >= 15 is 0 Å². The predicted molar refractivity (Wildman–Crippen MR) is 79.3 cm³/mol. The van der Waals surface area contributed by atoms with Gasteiger partial charge in [-0.1, -0.05) is 6.07 Å². The van der Waals surface area contributed by atoms with E-state index in [4.69, 9.17) is 14.2 Å². The number of carbonyl (C=O) groups is 1. The zero-order chi connectivity index (χ0) is 15.1. The van der Waals surface area contributed by atoms with Gasteiger partial charge >= 0.3 is 5.97 Å². The molecule has 1 aliphatic rings. The van der Waals surface area contributed by atoms with Crippen LogP contribution in [0.3, 0.4) is 0 Å². The number of thiophene rings is 1. The monoisotopic (exact) mass is 316 g/mol. The number of hydrogen-bond donors (Lipinski definition) is 0. The third-order valence-electron chi connectivity index (χ3n) is 3.26. The van der Waals surface area contributed by atoms with E-state index in [1.807, 2.05) is 0 Å². The highest BCUT2D eigenvalue weighted by Crippen LogP contribution is 2.35. The lowest BCUT2D eigenvalue weighted by atomic mass is 10.2. The van der Waals surface area contributed by atoms with Gasteiger partial charge in [-0.15, -0.1) is 11.3 Å². The van der Waals surface area contributed by atoms with E-state index < -0.39 is 5.97 Å². The minimum absolute atomic E-state index is 0.155. The molecule has 2 heterocycles. The molecule has 0 N–H and O–H groups in total. The summed E-state index contributed by atoms with van der Waals surface area (Å²) in [5.74, 6) is 0.624. The van der Waals surface area contributed by atoms with E-state index in [0.717, 1.165) is 0 Å². The molecule has 0 saturated heterocycles. The highest BCUT2D eigenvalue weighted by Gasteiger charge is 2.18. The second kappa shape index (κ2) is 4.99. The van der Waals surface area contributed by atoms with Crippen molar-refractivity contribution in [2.75, 3.05) is 6.79 Å². The fraction of sp³-hybridized carbons (Fsp3) is 0.0625. The van der Waals surface area contributed by atoms with E-state index in [-0.39, 0.29) is 12.6 Å². The summed E-state index contributed by atoms with van der Waals surface area (Å²) in [7, 11) is 0. The van der Waals surface area contributed by atoms with Crippen LogP contribution in [-0.2, 0) is 0 Å². The third-order valence-corrected chi connectivity index (χ3v) is 4.34. The van der Waals surface area contributed by atoms with Crippen LogP contribution in [0.5, 0.6) is 17.2 Å². The zero-order valence-corrected chi connectivity index (χ0v) is 12.0. The van der Waals surface area contributed by atoms with Gasteiger partial charge in [0.25, 0.3) is 0 Å². The van der Waals surface area contributed by atoms with Gasteiger partial charge in [0.05, 0.1) is 0 Å². The van der Waals surface area contributed by atoms with Gasteiger partial charge in [0.2, 0.25) is 6.79 Å². The Kier molecular flexibility index (Phi) is 2.97. The molecule has 0 radical (unpaired) electrons. The predicted octanol–water partition coefficient (Wildman–Crippen LogP) is 3.99.